The number of aromatic nitrogens is 1. The Kier molecular flexibility index (Phi) is 6.50. The molecule has 2 aromatic rings. The third kappa shape index (κ3) is 5.18. The summed E-state index contributed by atoms with van der Waals surface area (Å²) in [4.78, 5) is 32.8. The summed E-state index contributed by atoms with van der Waals surface area (Å²) in [7, 11) is 0. The largest absolute Gasteiger partial charge is 0.353 e. The lowest BCUT2D eigenvalue weighted by Gasteiger charge is -2.34. The van der Waals surface area contributed by atoms with Crippen molar-refractivity contribution in [1.82, 2.24) is 20.1 Å². The number of hydrogen-bond donors (Lipinski definition) is 1. The van der Waals surface area contributed by atoms with E-state index in [1.165, 1.54) is 11.8 Å². The molecule has 1 aliphatic rings. The molecule has 1 aromatic heterocycles. The molecule has 6 nitrogen and oxygen atoms in total. The van der Waals surface area contributed by atoms with Crippen molar-refractivity contribution >= 4 is 45.1 Å². The maximum absolute atomic E-state index is 12.4. The summed E-state index contributed by atoms with van der Waals surface area (Å²) in [5.41, 5.74) is 0.987. The van der Waals surface area contributed by atoms with Crippen molar-refractivity contribution in [3.8, 4) is 0 Å². The van der Waals surface area contributed by atoms with Crippen molar-refractivity contribution in [2.24, 2.45) is 0 Å². The summed E-state index contributed by atoms with van der Waals surface area (Å²) in [5, 5.41) is 2.90. The molecule has 1 aromatic carbocycles. The van der Waals surface area contributed by atoms with Gasteiger partial charge in [-0.3, -0.25) is 14.5 Å². The molecule has 0 radical (unpaired) electrons. The highest BCUT2D eigenvalue weighted by Gasteiger charge is 2.22. The van der Waals surface area contributed by atoms with E-state index < -0.39 is 0 Å². The Balaban J connectivity index is 1.42. The fourth-order valence-electron chi connectivity index (χ4n) is 2.85. The van der Waals surface area contributed by atoms with Crippen molar-refractivity contribution in [2.75, 3.05) is 38.5 Å². The standard InChI is InChI=1S/C18H24N4O2S2/c1-13(2)19-16(23)11-21-7-9-22(10-8-21)17(24)12-25-18-20-14-5-3-4-6-15(14)26-18/h3-6,13H,7-12H2,1-2H3,(H,19,23). The van der Waals surface area contributed by atoms with Gasteiger partial charge >= 0.3 is 0 Å². The van der Waals surface area contributed by atoms with Crippen LogP contribution in [0.2, 0.25) is 0 Å². The number of carbonyl (C=O) groups is 2. The lowest BCUT2D eigenvalue weighted by Crippen LogP contribution is -2.51. The van der Waals surface area contributed by atoms with Gasteiger partial charge in [0.15, 0.2) is 4.34 Å². The minimum absolute atomic E-state index is 0.0474. The Morgan fingerprint density at radius 1 is 1.23 bits per heavy atom. The molecule has 2 amide bonds. The number of thioether (sulfide) groups is 1. The molecule has 0 saturated carbocycles. The monoisotopic (exact) mass is 392 g/mol. The average molecular weight is 393 g/mol. The van der Waals surface area contributed by atoms with Gasteiger partial charge < -0.3 is 10.2 Å². The molecule has 1 saturated heterocycles. The van der Waals surface area contributed by atoms with Crippen LogP contribution in [0.3, 0.4) is 0 Å². The first-order chi connectivity index (χ1) is 12.5. The number of nitrogens with zero attached hydrogens (tertiary/aromatic N) is 3. The lowest BCUT2D eigenvalue weighted by molar-refractivity contribution is -0.130. The molecule has 1 aliphatic heterocycles. The predicted octanol–water partition coefficient (Wildman–Crippen LogP) is 2.06. The predicted molar refractivity (Wildman–Crippen MR) is 107 cm³/mol. The van der Waals surface area contributed by atoms with Gasteiger partial charge in [0.25, 0.3) is 0 Å². The molecular weight excluding hydrogens is 368 g/mol. The van der Waals surface area contributed by atoms with Crippen LogP contribution in [0.1, 0.15) is 13.8 Å². The summed E-state index contributed by atoms with van der Waals surface area (Å²) < 4.78 is 2.08. The number of carbonyl (C=O) groups excluding carboxylic acids is 2. The molecule has 0 unspecified atom stereocenters. The topological polar surface area (TPSA) is 65.5 Å². The summed E-state index contributed by atoms with van der Waals surface area (Å²) in [6.45, 7) is 7.14. The number of hydrogen-bond acceptors (Lipinski definition) is 6. The van der Waals surface area contributed by atoms with E-state index in [4.69, 9.17) is 0 Å². The van der Waals surface area contributed by atoms with Crippen molar-refractivity contribution in [3.63, 3.8) is 0 Å². The van der Waals surface area contributed by atoms with Crippen molar-refractivity contribution in [2.45, 2.75) is 24.2 Å². The Hall–Kier alpha value is -1.64. The number of fused-ring (bicyclic) bond motifs is 1. The molecule has 1 fully saturated rings. The molecule has 0 atom stereocenters. The first kappa shape index (κ1) is 19.1. The van der Waals surface area contributed by atoms with Crippen molar-refractivity contribution in [1.29, 1.82) is 0 Å². The van der Waals surface area contributed by atoms with Crippen LogP contribution in [-0.2, 0) is 9.59 Å². The summed E-state index contributed by atoms with van der Waals surface area (Å²) >= 11 is 3.13. The van der Waals surface area contributed by atoms with Crippen LogP contribution in [0.5, 0.6) is 0 Å². The fourth-order valence-corrected chi connectivity index (χ4v) is 4.82. The van der Waals surface area contributed by atoms with Crippen LogP contribution >= 0.6 is 23.1 Å². The molecule has 8 heteroatoms. The van der Waals surface area contributed by atoms with E-state index in [1.807, 2.05) is 43.0 Å². The molecule has 0 aliphatic carbocycles. The minimum Gasteiger partial charge on any atom is -0.353 e. The highest BCUT2D eigenvalue weighted by Crippen LogP contribution is 2.29. The van der Waals surface area contributed by atoms with Gasteiger partial charge in [0, 0.05) is 32.2 Å². The van der Waals surface area contributed by atoms with Gasteiger partial charge in [-0.1, -0.05) is 23.9 Å². The number of amides is 2. The highest BCUT2D eigenvalue weighted by atomic mass is 32.2. The molecule has 1 N–H and O–H groups in total. The van der Waals surface area contributed by atoms with Gasteiger partial charge in [-0.15, -0.1) is 11.3 Å². The Labute approximate surface area is 161 Å². The number of piperazine rings is 1. The van der Waals surface area contributed by atoms with E-state index in [0.29, 0.717) is 25.4 Å². The zero-order valence-electron chi connectivity index (χ0n) is 15.1. The van der Waals surface area contributed by atoms with Crippen molar-refractivity contribution in [3.05, 3.63) is 24.3 Å². The number of rotatable bonds is 6. The van der Waals surface area contributed by atoms with Crippen LogP contribution < -0.4 is 5.32 Å². The average Bonchev–Trinajstić information content (AvgIpc) is 3.02. The Morgan fingerprint density at radius 3 is 2.65 bits per heavy atom. The quantitative estimate of drug-likeness (QED) is 0.763. The van der Waals surface area contributed by atoms with E-state index in [0.717, 1.165) is 27.6 Å². The maximum atomic E-state index is 12.4. The van der Waals surface area contributed by atoms with Crippen LogP contribution in [0, 0.1) is 0 Å². The lowest BCUT2D eigenvalue weighted by atomic mass is 10.3. The Morgan fingerprint density at radius 2 is 1.96 bits per heavy atom. The van der Waals surface area contributed by atoms with Gasteiger partial charge in [-0.25, -0.2) is 4.98 Å². The molecule has 0 spiro atoms. The third-order valence-electron chi connectivity index (χ3n) is 4.14. The van der Waals surface area contributed by atoms with Crippen LogP contribution in [0.25, 0.3) is 10.2 Å². The second-order valence-electron chi connectivity index (χ2n) is 6.62. The molecule has 2 heterocycles. The molecule has 140 valence electrons. The molecule has 3 rings (SSSR count). The second-order valence-corrected chi connectivity index (χ2v) is 8.87. The van der Waals surface area contributed by atoms with Crippen molar-refractivity contribution < 1.29 is 9.59 Å². The first-order valence-corrected chi connectivity index (χ1v) is 10.6. The van der Waals surface area contributed by atoms with E-state index >= 15 is 0 Å². The van der Waals surface area contributed by atoms with E-state index in [1.54, 1.807) is 11.3 Å². The zero-order chi connectivity index (χ0) is 18.5. The number of thiazole rings is 1. The van der Waals surface area contributed by atoms with E-state index in [-0.39, 0.29) is 17.9 Å². The Bertz CT molecular complexity index is 736. The minimum atomic E-state index is 0.0474. The second kappa shape index (κ2) is 8.83. The summed E-state index contributed by atoms with van der Waals surface area (Å²) in [6.07, 6.45) is 0. The molecule has 26 heavy (non-hydrogen) atoms. The van der Waals surface area contributed by atoms with Gasteiger partial charge in [-0.05, 0) is 26.0 Å². The van der Waals surface area contributed by atoms with E-state index in [2.05, 4.69) is 15.2 Å². The van der Waals surface area contributed by atoms with Crippen LogP contribution in [-0.4, -0.2) is 71.1 Å². The number of para-hydroxylation sites is 1. The third-order valence-corrected chi connectivity index (χ3v) is 6.30. The van der Waals surface area contributed by atoms with Gasteiger partial charge in [-0.2, -0.15) is 0 Å². The van der Waals surface area contributed by atoms with Crippen LogP contribution in [0.4, 0.5) is 0 Å². The number of benzene rings is 1. The van der Waals surface area contributed by atoms with Gasteiger partial charge in [0.05, 0.1) is 22.5 Å². The molecular formula is C18H24N4O2S2. The SMILES string of the molecule is CC(C)NC(=O)CN1CCN(C(=O)CSc2nc3ccccc3s2)CC1. The van der Waals surface area contributed by atoms with Gasteiger partial charge in [0.1, 0.15) is 0 Å². The normalized spacial score (nSPS) is 15.6. The first-order valence-electron chi connectivity index (χ1n) is 8.79. The van der Waals surface area contributed by atoms with Gasteiger partial charge in [0.2, 0.25) is 11.8 Å². The summed E-state index contributed by atoms with van der Waals surface area (Å²) in [6, 6.07) is 8.17. The smallest absolute Gasteiger partial charge is 0.234 e. The fraction of sp³-hybridized carbons (Fsp3) is 0.500. The molecule has 0 bridgehead atoms. The maximum Gasteiger partial charge on any atom is 0.234 e. The highest BCUT2D eigenvalue weighted by molar-refractivity contribution is 8.01. The number of nitrogens with one attached hydrogen (secondary N) is 1. The zero-order valence-corrected chi connectivity index (χ0v) is 16.7. The van der Waals surface area contributed by atoms with Crippen LogP contribution in [0.15, 0.2) is 28.6 Å². The van der Waals surface area contributed by atoms with E-state index in [9.17, 15) is 9.59 Å². The summed E-state index contributed by atoms with van der Waals surface area (Å²) in [5.74, 6) is 0.597.